The summed E-state index contributed by atoms with van der Waals surface area (Å²) < 4.78 is 10.6. The van der Waals surface area contributed by atoms with E-state index in [1.807, 2.05) is 42.5 Å². The lowest BCUT2D eigenvalue weighted by atomic mass is 9.94. The number of aliphatic hydroxyl groups excluding tert-OH is 1. The number of hydrogen-bond donors (Lipinski definition) is 1. The summed E-state index contributed by atoms with van der Waals surface area (Å²) >= 11 is 0. The normalized spacial score (nSPS) is 16.3. The van der Waals surface area contributed by atoms with Gasteiger partial charge in [0.25, 0.3) is 5.91 Å². The number of rotatable bonds is 8. The number of nitrogens with zero attached hydrogens (tertiary/aromatic N) is 1. The summed E-state index contributed by atoms with van der Waals surface area (Å²) in [6.45, 7) is 5.93. The minimum atomic E-state index is -0.605. The lowest BCUT2D eigenvalue weighted by molar-refractivity contribution is -0.129. The zero-order valence-electron chi connectivity index (χ0n) is 18.6. The van der Waals surface area contributed by atoms with Crippen LogP contribution in [0.5, 0.6) is 11.5 Å². The lowest BCUT2D eigenvalue weighted by Gasteiger charge is -2.27. The molecule has 0 saturated heterocycles. The van der Waals surface area contributed by atoms with Crippen LogP contribution in [0.15, 0.2) is 53.8 Å². The molecule has 164 valence electrons. The van der Waals surface area contributed by atoms with Gasteiger partial charge < -0.3 is 19.5 Å². The van der Waals surface area contributed by atoms with Gasteiger partial charge in [-0.15, -0.1) is 0 Å². The molecule has 0 bridgehead atoms. The highest BCUT2D eigenvalue weighted by molar-refractivity contribution is 6.08. The number of ether oxygens (including phenoxy) is 2. The monoisotopic (exact) mass is 423 g/mol. The summed E-state index contributed by atoms with van der Waals surface area (Å²) in [6.07, 6.45) is 0.533. The van der Waals surface area contributed by atoms with Crippen molar-refractivity contribution in [3.63, 3.8) is 0 Å². The minimum Gasteiger partial charge on any atom is -0.503 e. The van der Waals surface area contributed by atoms with Crippen LogP contribution < -0.4 is 9.47 Å². The SMILES string of the molecule is COc1ccc(CCN2C(=O)C(O)=C(C(C)=O)C2c2ccc(C(C)C)cc2)cc1OC. The number of amides is 1. The standard InChI is InChI=1S/C25H29NO5/c1-15(2)18-7-9-19(10-8-18)23-22(16(3)27)24(28)25(29)26(23)13-12-17-6-11-20(30-4)21(14-17)31-5/h6-11,14-15,23,28H,12-13H2,1-5H3. The van der Waals surface area contributed by atoms with Crippen LogP contribution in [0.4, 0.5) is 0 Å². The highest BCUT2D eigenvalue weighted by Crippen LogP contribution is 2.38. The van der Waals surface area contributed by atoms with E-state index < -0.39 is 17.7 Å². The number of carbonyl (C=O) groups excluding carboxylic acids is 2. The summed E-state index contributed by atoms with van der Waals surface area (Å²) in [5, 5.41) is 10.5. The molecule has 0 spiro atoms. The van der Waals surface area contributed by atoms with Crippen LogP contribution in [0.3, 0.4) is 0 Å². The molecule has 1 amide bonds. The van der Waals surface area contributed by atoms with Crippen LogP contribution in [0.1, 0.15) is 49.4 Å². The van der Waals surface area contributed by atoms with Crippen LogP contribution >= 0.6 is 0 Å². The van der Waals surface area contributed by atoms with Gasteiger partial charge in [0.05, 0.1) is 25.8 Å². The third-order valence-electron chi connectivity index (χ3n) is 5.69. The van der Waals surface area contributed by atoms with Crippen LogP contribution in [0.2, 0.25) is 0 Å². The van der Waals surface area contributed by atoms with Gasteiger partial charge in [0, 0.05) is 6.54 Å². The summed E-state index contributed by atoms with van der Waals surface area (Å²) in [5.41, 5.74) is 3.08. The van der Waals surface area contributed by atoms with Gasteiger partial charge in [-0.25, -0.2) is 0 Å². The first-order valence-electron chi connectivity index (χ1n) is 10.3. The van der Waals surface area contributed by atoms with E-state index in [2.05, 4.69) is 13.8 Å². The molecule has 1 unspecified atom stereocenters. The number of Topliss-reactive ketones (excluding diaryl/α,β-unsaturated/α-hetero) is 1. The molecule has 0 fully saturated rings. The van der Waals surface area contributed by atoms with Crippen molar-refractivity contribution < 1.29 is 24.2 Å². The third-order valence-corrected chi connectivity index (χ3v) is 5.69. The molecule has 0 aliphatic carbocycles. The zero-order valence-corrected chi connectivity index (χ0v) is 18.6. The summed E-state index contributed by atoms with van der Waals surface area (Å²) in [5.74, 6) is 0.319. The summed E-state index contributed by atoms with van der Waals surface area (Å²) in [7, 11) is 3.15. The van der Waals surface area contributed by atoms with E-state index in [0.717, 1.165) is 11.1 Å². The maximum atomic E-state index is 12.8. The highest BCUT2D eigenvalue weighted by atomic mass is 16.5. The van der Waals surface area contributed by atoms with E-state index in [4.69, 9.17) is 9.47 Å². The Morgan fingerprint density at radius 1 is 1.06 bits per heavy atom. The topological polar surface area (TPSA) is 76.1 Å². The van der Waals surface area contributed by atoms with Gasteiger partial charge >= 0.3 is 0 Å². The quantitative estimate of drug-likeness (QED) is 0.683. The third kappa shape index (κ3) is 4.43. The fourth-order valence-electron chi connectivity index (χ4n) is 3.94. The Hall–Kier alpha value is -3.28. The Labute approximate surface area is 183 Å². The van der Waals surface area contributed by atoms with E-state index in [9.17, 15) is 14.7 Å². The molecule has 2 aromatic carbocycles. The van der Waals surface area contributed by atoms with E-state index in [-0.39, 0.29) is 11.4 Å². The summed E-state index contributed by atoms with van der Waals surface area (Å²) in [6, 6.07) is 12.9. The van der Waals surface area contributed by atoms with E-state index >= 15 is 0 Å². The molecule has 31 heavy (non-hydrogen) atoms. The van der Waals surface area contributed by atoms with Crippen LogP contribution in [-0.2, 0) is 16.0 Å². The van der Waals surface area contributed by atoms with E-state index in [1.165, 1.54) is 12.5 Å². The Balaban J connectivity index is 1.90. The zero-order chi connectivity index (χ0) is 22.7. The molecule has 1 N–H and O–H groups in total. The largest absolute Gasteiger partial charge is 0.503 e. The van der Waals surface area contributed by atoms with Crippen molar-refractivity contribution in [3.05, 3.63) is 70.5 Å². The van der Waals surface area contributed by atoms with Crippen LogP contribution in [0.25, 0.3) is 0 Å². The van der Waals surface area contributed by atoms with Crippen molar-refractivity contribution in [2.45, 2.75) is 39.2 Å². The van der Waals surface area contributed by atoms with Gasteiger partial charge in [-0.2, -0.15) is 0 Å². The maximum absolute atomic E-state index is 12.8. The van der Waals surface area contributed by atoms with Crippen molar-refractivity contribution in [3.8, 4) is 11.5 Å². The Morgan fingerprint density at radius 3 is 2.26 bits per heavy atom. The first-order valence-corrected chi connectivity index (χ1v) is 10.3. The Bertz CT molecular complexity index is 1010. The molecule has 1 heterocycles. The van der Waals surface area contributed by atoms with E-state index in [0.29, 0.717) is 30.4 Å². The number of hydrogen-bond acceptors (Lipinski definition) is 5. The molecule has 1 aliphatic rings. The molecule has 2 aromatic rings. The predicted octanol–water partition coefficient (Wildman–Crippen LogP) is 4.35. The average molecular weight is 424 g/mol. The predicted molar refractivity (Wildman–Crippen MR) is 119 cm³/mol. The van der Waals surface area contributed by atoms with Crippen LogP contribution in [-0.4, -0.2) is 42.5 Å². The van der Waals surface area contributed by atoms with Crippen LogP contribution in [0, 0.1) is 0 Å². The number of carbonyl (C=O) groups is 2. The van der Waals surface area contributed by atoms with Gasteiger partial charge in [0.1, 0.15) is 0 Å². The van der Waals surface area contributed by atoms with Gasteiger partial charge in [-0.1, -0.05) is 44.2 Å². The average Bonchev–Trinajstić information content (AvgIpc) is 3.02. The number of aliphatic hydroxyl groups is 1. The molecule has 1 aliphatic heterocycles. The Kier molecular flexibility index (Phi) is 6.68. The van der Waals surface area contributed by atoms with Gasteiger partial charge in [0.15, 0.2) is 23.0 Å². The Morgan fingerprint density at radius 2 is 1.71 bits per heavy atom. The van der Waals surface area contributed by atoms with Gasteiger partial charge in [-0.05, 0) is 48.1 Å². The molecular formula is C25H29NO5. The lowest BCUT2D eigenvalue weighted by Crippen LogP contribution is -2.33. The first kappa shape index (κ1) is 22.4. The minimum absolute atomic E-state index is 0.148. The van der Waals surface area contributed by atoms with Crippen molar-refractivity contribution in [1.82, 2.24) is 4.90 Å². The molecule has 0 saturated carbocycles. The first-order chi connectivity index (χ1) is 14.8. The molecule has 6 nitrogen and oxygen atoms in total. The van der Waals surface area contributed by atoms with Crippen molar-refractivity contribution >= 4 is 11.7 Å². The fraction of sp³-hybridized carbons (Fsp3) is 0.360. The second-order valence-electron chi connectivity index (χ2n) is 7.98. The van der Waals surface area contributed by atoms with Crippen molar-refractivity contribution in [2.24, 2.45) is 0 Å². The van der Waals surface area contributed by atoms with Crippen molar-refractivity contribution in [1.29, 1.82) is 0 Å². The number of benzene rings is 2. The molecule has 0 radical (unpaired) electrons. The highest BCUT2D eigenvalue weighted by Gasteiger charge is 2.42. The number of methoxy groups -OCH3 is 2. The van der Waals surface area contributed by atoms with Gasteiger partial charge in [-0.3, -0.25) is 9.59 Å². The second-order valence-corrected chi connectivity index (χ2v) is 7.98. The van der Waals surface area contributed by atoms with E-state index in [1.54, 1.807) is 19.1 Å². The molecule has 1 atom stereocenters. The molecule has 3 rings (SSSR count). The smallest absolute Gasteiger partial charge is 0.290 e. The van der Waals surface area contributed by atoms with Gasteiger partial charge in [0.2, 0.25) is 0 Å². The second kappa shape index (κ2) is 9.25. The molecule has 6 heteroatoms. The fourth-order valence-corrected chi connectivity index (χ4v) is 3.94. The number of ketones is 1. The molecular weight excluding hydrogens is 394 g/mol. The summed E-state index contributed by atoms with van der Waals surface area (Å²) in [4.78, 5) is 26.7. The molecule has 0 aromatic heterocycles. The maximum Gasteiger partial charge on any atom is 0.290 e. The van der Waals surface area contributed by atoms with Crippen molar-refractivity contribution in [2.75, 3.05) is 20.8 Å².